The minimum absolute atomic E-state index is 0.660. The van der Waals surface area contributed by atoms with E-state index in [1.54, 1.807) is 24.5 Å². The Balaban J connectivity index is 3.00. The summed E-state index contributed by atoms with van der Waals surface area (Å²) in [7, 11) is 0. The summed E-state index contributed by atoms with van der Waals surface area (Å²) in [6.07, 6.45) is 3.40. The maximum Gasteiger partial charge on any atom is 0.0501 e. The lowest BCUT2D eigenvalue weighted by molar-refractivity contribution is 1.35. The Labute approximate surface area is 93.8 Å². The predicted molar refractivity (Wildman–Crippen MR) is 59.5 cm³/mol. The van der Waals surface area contributed by atoms with Crippen molar-refractivity contribution >= 4 is 49.9 Å². The summed E-state index contributed by atoms with van der Waals surface area (Å²) in [5.74, 6) is 0. The highest BCUT2D eigenvalue weighted by molar-refractivity contribution is 9.10. The van der Waals surface area contributed by atoms with Crippen molar-refractivity contribution in [3.05, 3.63) is 39.0 Å². The molecule has 2 aromatic rings. The Kier molecular flexibility index (Phi) is 2.45. The lowest BCUT2D eigenvalue weighted by atomic mass is 10.2. The van der Waals surface area contributed by atoms with E-state index >= 15 is 0 Å². The quantitative estimate of drug-likeness (QED) is 0.699. The molecule has 0 fully saturated rings. The zero-order valence-electron chi connectivity index (χ0n) is 6.39. The number of nitrogens with zero attached hydrogens (tertiary/aromatic N) is 1. The third kappa shape index (κ3) is 1.54. The number of fused-ring (bicyclic) bond motifs is 1. The van der Waals surface area contributed by atoms with Crippen molar-refractivity contribution in [2.45, 2.75) is 0 Å². The van der Waals surface area contributed by atoms with E-state index in [2.05, 4.69) is 20.9 Å². The summed E-state index contributed by atoms with van der Waals surface area (Å²) in [6, 6.07) is 3.54. The van der Waals surface area contributed by atoms with E-state index in [0.717, 1.165) is 15.2 Å². The molecule has 0 radical (unpaired) electrons. The minimum Gasteiger partial charge on any atom is -0.263 e. The van der Waals surface area contributed by atoms with Gasteiger partial charge >= 0.3 is 0 Å². The van der Waals surface area contributed by atoms with Crippen LogP contribution < -0.4 is 0 Å². The van der Waals surface area contributed by atoms with Crippen LogP contribution in [0.1, 0.15) is 0 Å². The summed E-state index contributed by atoms with van der Waals surface area (Å²) >= 11 is 15.4. The zero-order chi connectivity index (χ0) is 9.42. The third-order valence-corrected chi connectivity index (χ3v) is 3.02. The molecule has 0 N–H and O–H groups in total. The van der Waals surface area contributed by atoms with Crippen molar-refractivity contribution in [1.29, 1.82) is 0 Å². The normalized spacial score (nSPS) is 10.7. The molecule has 1 aromatic heterocycles. The number of halogens is 3. The molecule has 0 aliphatic rings. The van der Waals surface area contributed by atoms with E-state index in [1.165, 1.54) is 0 Å². The van der Waals surface area contributed by atoms with Crippen molar-refractivity contribution in [3.63, 3.8) is 0 Å². The Hall–Kier alpha value is -0.310. The molecule has 0 amide bonds. The maximum absolute atomic E-state index is 6.02. The summed E-state index contributed by atoms with van der Waals surface area (Å²) in [4.78, 5) is 4.02. The molecule has 0 unspecified atom stereocenters. The van der Waals surface area contributed by atoms with E-state index in [0.29, 0.717) is 10.0 Å². The van der Waals surface area contributed by atoms with Crippen LogP contribution >= 0.6 is 39.1 Å². The van der Waals surface area contributed by atoms with Gasteiger partial charge in [-0.1, -0.05) is 23.2 Å². The maximum atomic E-state index is 6.02. The van der Waals surface area contributed by atoms with Crippen LogP contribution in [0, 0.1) is 0 Å². The molecule has 1 nitrogen and oxygen atoms in total. The number of pyridine rings is 1. The van der Waals surface area contributed by atoms with Gasteiger partial charge in [0.05, 0.1) is 5.02 Å². The molecule has 4 heteroatoms. The summed E-state index contributed by atoms with van der Waals surface area (Å²) in [5, 5.41) is 3.11. The lowest BCUT2D eigenvalue weighted by Crippen LogP contribution is -1.80. The van der Waals surface area contributed by atoms with E-state index in [1.807, 2.05) is 0 Å². The second-order valence-corrected chi connectivity index (χ2v) is 4.24. The second-order valence-electron chi connectivity index (χ2n) is 2.57. The van der Waals surface area contributed by atoms with E-state index in [-0.39, 0.29) is 0 Å². The Morgan fingerprint density at radius 1 is 1.08 bits per heavy atom. The van der Waals surface area contributed by atoms with Gasteiger partial charge in [-0.15, -0.1) is 0 Å². The van der Waals surface area contributed by atoms with Gasteiger partial charge in [0, 0.05) is 32.7 Å². The highest BCUT2D eigenvalue weighted by Gasteiger charge is 2.06. The van der Waals surface area contributed by atoms with E-state index in [9.17, 15) is 0 Å². The molecule has 0 aliphatic carbocycles. The van der Waals surface area contributed by atoms with Crippen LogP contribution in [-0.2, 0) is 0 Å². The third-order valence-electron chi connectivity index (χ3n) is 1.77. The predicted octanol–water partition coefficient (Wildman–Crippen LogP) is 4.30. The fraction of sp³-hybridized carbons (Fsp3) is 0. The molecule has 0 saturated carbocycles. The molecule has 66 valence electrons. The fourth-order valence-corrected chi connectivity index (χ4v) is 2.31. The molecule has 0 saturated heterocycles. The Morgan fingerprint density at radius 2 is 1.77 bits per heavy atom. The van der Waals surface area contributed by atoms with Gasteiger partial charge in [0.2, 0.25) is 0 Å². The number of aromatic nitrogens is 1. The van der Waals surface area contributed by atoms with Gasteiger partial charge in [-0.25, -0.2) is 0 Å². The monoisotopic (exact) mass is 275 g/mol. The van der Waals surface area contributed by atoms with Gasteiger partial charge in [0.1, 0.15) is 0 Å². The topological polar surface area (TPSA) is 12.9 Å². The molecule has 1 aromatic carbocycles. The van der Waals surface area contributed by atoms with E-state index in [4.69, 9.17) is 23.2 Å². The molecule has 0 atom stereocenters. The van der Waals surface area contributed by atoms with Gasteiger partial charge in [-0.05, 0) is 28.1 Å². The number of hydrogen-bond donors (Lipinski definition) is 0. The fourth-order valence-electron chi connectivity index (χ4n) is 1.18. The van der Waals surface area contributed by atoms with Crippen LogP contribution in [0.2, 0.25) is 10.0 Å². The van der Waals surface area contributed by atoms with Crippen molar-refractivity contribution in [2.24, 2.45) is 0 Å². The van der Waals surface area contributed by atoms with Gasteiger partial charge in [-0.3, -0.25) is 4.98 Å². The number of hydrogen-bond acceptors (Lipinski definition) is 1. The first-order chi connectivity index (χ1) is 6.20. The van der Waals surface area contributed by atoms with Crippen LogP contribution in [-0.4, -0.2) is 4.98 Å². The lowest BCUT2D eigenvalue weighted by Gasteiger charge is -2.03. The number of rotatable bonds is 0. The van der Waals surface area contributed by atoms with Crippen molar-refractivity contribution in [2.75, 3.05) is 0 Å². The van der Waals surface area contributed by atoms with Crippen LogP contribution in [0.3, 0.4) is 0 Å². The molecule has 2 rings (SSSR count). The first kappa shape index (κ1) is 9.25. The minimum atomic E-state index is 0.660. The summed E-state index contributed by atoms with van der Waals surface area (Å²) in [6.45, 7) is 0. The molecule has 0 bridgehead atoms. The van der Waals surface area contributed by atoms with E-state index < -0.39 is 0 Å². The van der Waals surface area contributed by atoms with Crippen LogP contribution in [0.25, 0.3) is 10.8 Å². The van der Waals surface area contributed by atoms with Gasteiger partial charge < -0.3 is 0 Å². The highest BCUT2D eigenvalue weighted by atomic mass is 79.9. The number of benzene rings is 1. The molecular weight excluding hydrogens is 273 g/mol. The standard InChI is InChI=1S/C9H4BrCl2N/c10-6-4-13-3-5-7(11)1-2-8(12)9(5)6/h1-4H. The van der Waals surface area contributed by atoms with Gasteiger partial charge in [0.15, 0.2) is 0 Å². The summed E-state index contributed by atoms with van der Waals surface area (Å²) in [5.41, 5.74) is 0. The molecule has 0 aliphatic heterocycles. The average Bonchev–Trinajstić information content (AvgIpc) is 2.12. The van der Waals surface area contributed by atoms with Crippen LogP contribution in [0.4, 0.5) is 0 Å². The van der Waals surface area contributed by atoms with Crippen LogP contribution in [0.5, 0.6) is 0 Å². The highest BCUT2D eigenvalue weighted by Crippen LogP contribution is 2.33. The van der Waals surface area contributed by atoms with Gasteiger partial charge in [-0.2, -0.15) is 0 Å². The smallest absolute Gasteiger partial charge is 0.0501 e. The first-order valence-corrected chi connectivity index (χ1v) is 5.12. The molecular formula is C9H4BrCl2N. The SMILES string of the molecule is Clc1ccc(Cl)c2c(Br)cncc12. The Morgan fingerprint density at radius 3 is 2.46 bits per heavy atom. The largest absolute Gasteiger partial charge is 0.263 e. The summed E-state index contributed by atoms with van der Waals surface area (Å²) < 4.78 is 0.859. The van der Waals surface area contributed by atoms with Crippen molar-refractivity contribution < 1.29 is 0 Å². The first-order valence-electron chi connectivity index (χ1n) is 3.57. The molecule has 13 heavy (non-hydrogen) atoms. The second kappa shape index (κ2) is 3.45. The van der Waals surface area contributed by atoms with Crippen molar-refractivity contribution in [1.82, 2.24) is 4.98 Å². The Bertz CT molecular complexity index is 462. The van der Waals surface area contributed by atoms with Gasteiger partial charge in [0.25, 0.3) is 0 Å². The average molecular weight is 277 g/mol. The van der Waals surface area contributed by atoms with Crippen molar-refractivity contribution in [3.8, 4) is 0 Å². The molecule has 1 heterocycles. The molecule has 0 spiro atoms. The zero-order valence-corrected chi connectivity index (χ0v) is 9.49. The van der Waals surface area contributed by atoms with Crippen LogP contribution in [0.15, 0.2) is 29.0 Å².